The molecule has 2 heterocycles. The minimum atomic E-state index is 0.162. The summed E-state index contributed by atoms with van der Waals surface area (Å²) in [4.78, 5) is 14.5. The Morgan fingerprint density at radius 3 is 2.62 bits per heavy atom. The predicted octanol–water partition coefficient (Wildman–Crippen LogP) is 0.869. The molecule has 0 saturated carbocycles. The van der Waals surface area contributed by atoms with Crippen LogP contribution in [0.2, 0.25) is 0 Å². The molecule has 1 aliphatic rings. The summed E-state index contributed by atoms with van der Waals surface area (Å²) in [5.41, 5.74) is 6.78. The van der Waals surface area contributed by atoms with Gasteiger partial charge in [0.1, 0.15) is 6.61 Å². The van der Waals surface area contributed by atoms with Crippen molar-refractivity contribution in [3.63, 3.8) is 0 Å². The fraction of sp³-hybridized carbons (Fsp3) is 0.357. The lowest BCUT2D eigenvalue weighted by Crippen LogP contribution is -2.37. The maximum absolute atomic E-state index is 5.73. The number of nitrogens with two attached hydrogens (primary N) is 1. The van der Waals surface area contributed by atoms with Crippen LogP contribution in [0.25, 0.3) is 0 Å². The standard InChI is InChI=1S/C14H17N5O2/c15-12-16-13(19-6-8-20-9-7-19)18-14(17-12)21-10-11-4-2-1-3-5-11/h1-5H,6-10H2,(H2,15,16,17,18). The van der Waals surface area contributed by atoms with Gasteiger partial charge in [-0.2, -0.15) is 15.0 Å². The van der Waals surface area contributed by atoms with Crippen LogP contribution in [0.1, 0.15) is 5.56 Å². The quantitative estimate of drug-likeness (QED) is 0.892. The smallest absolute Gasteiger partial charge is 0.323 e. The third kappa shape index (κ3) is 3.57. The van der Waals surface area contributed by atoms with Gasteiger partial charge in [0.15, 0.2) is 0 Å². The average Bonchev–Trinajstić information content (AvgIpc) is 2.54. The zero-order valence-corrected chi connectivity index (χ0v) is 11.6. The minimum Gasteiger partial charge on any atom is -0.458 e. The lowest BCUT2D eigenvalue weighted by Gasteiger charge is -2.26. The summed E-state index contributed by atoms with van der Waals surface area (Å²) >= 11 is 0. The van der Waals surface area contributed by atoms with E-state index in [2.05, 4.69) is 15.0 Å². The third-order valence-electron chi connectivity index (χ3n) is 3.13. The summed E-state index contributed by atoms with van der Waals surface area (Å²) in [5.74, 6) is 0.698. The average molecular weight is 287 g/mol. The maximum Gasteiger partial charge on any atom is 0.323 e. The monoisotopic (exact) mass is 287 g/mol. The number of ether oxygens (including phenoxy) is 2. The second-order valence-electron chi connectivity index (χ2n) is 4.65. The molecular formula is C14H17N5O2. The van der Waals surface area contributed by atoms with E-state index in [-0.39, 0.29) is 12.0 Å². The van der Waals surface area contributed by atoms with Crippen LogP contribution in [0.3, 0.4) is 0 Å². The Kier molecular flexibility index (Phi) is 4.11. The van der Waals surface area contributed by atoms with Gasteiger partial charge in [-0.15, -0.1) is 0 Å². The van der Waals surface area contributed by atoms with Crippen LogP contribution in [0.15, 0.2) is 30.3 Å². The molecule has 1 fully saturated rings. The van der Waals surface area contributed by atoms with Crippen LogP contribution in [-0.2, 0) is 11.3 Å². The highest BCUT2D eigenvalue weighted by atomic mass is 16.5. The van der Waals surface area contributed by atoms with Crippen LogP contribution < -0.4 is 15.4 Å². The first-order valence-electron chi connectivity index (χ1n) is 6.82. The zero-order chi connectivity index (χ0) is 14.5. The summed E-state index contributed by atoms with van der Waals surface area (Å²) in [6, 6.07) is 10.1. The number of hydrogen-bond acceptors (Lipinski definition) is 7. The molecule has 0 radical (unpaired) electrons. The lowest BCUT2D eigenvalue weighted by molar-refractivity contribution is 0.122. The normalized spacial score (nSPS) is 15.0. The molecule has 1 aromatic heterocycles. The topological polar surface area (TPSA) is 86.4 Å². The van der Waals surface area contributed by atoms with E-state index in [1.165, 1.54) is 0 Å². The largest absolute Gasteiger partial charge is 0.458 e. The molecule has 2 aromatic rings. The van der Waals surface area contributed by atoms with Crippen molar-refractivity contribution in [3.8, 4) is 6.01 Å². The van der Waals surface area contributed by atoms with Crippen molar-refractivity contribution in [2.45, 2.75) is 6.61 Å². The number of hydrogen-bond donors (Lipinski definition) is 1. The molecule has 1 saturated heterocycles. The molecule has 0 spiro atoms. The molecule has 2 N–H and O–H groups in total. The van der Waals surface area contributed by atoms with Gasteiger partial charge in [-0.1, -0.05) is 30.3 Å². The molecule has 110 valence electrons. The molecule has 0 bridgehead atoms. The first-order valence-corrected chi connectivity index (χ1v) is 6.82. The fourth-order valence-corrected chi connectivity index (χ4v) is 2.05. The summed E-state index contributed by atoms with van der Waals surface area (Å²) in [7, 11) is 0. The molecule has 7 nitrogen and oxygen atoms in total. The summed E-state index contributed by atoms with van der Waals surface area (Å²) in [6.07, 6.45) is 0. The number of morpholine rings is 1. The second kappa shape index (κ2) is 6.36. The van der Waals surface area contributed by atoms with Crippen molar-refractivity contribution in [2.24, 2.45) is 0 Å². The van der Waals surface area contributed by atoms with Gasteiger partial charge >= 0.3 is 6.01 Å². The first-order chi connectivity index (χ1) is 10.3. The van der Waals surface area contributed by atoms with E-state index in [1.54, 1.807) is 0 Å². The Balaban J connectivity index is 1.71. The SMILES string of the molecule is Nc1nc(OCc2ccccc2)nc(N2CCOCC2)n1. The van der Waals surface area contributed by atoms with Crippen LogP contribution in [0, 0.1) is 0 Å². The summed E-state index contributed by atoms with van der Waals surface area (Å²) in [6.45, 7) is 3.19. The van der Waals surface area contributed by atoms with E-state index < -0.39 is 0 Å². The summed E-state index contributed by atoms with van der Waals surface area (Å²) < 4.78 is 10.9. The highest BCUT2D eigenvalue weighted by Gasteiger charge is 2.16. The highest BCUT2D eigenvalue weighted by molar-refractivity contribution is 5.36. The van der Waals surface area contributed by atoms with E-state index in [0.29, 0.717) is 25.8 Å². The molecule has 0 aliphatic carbocycles. The van der Waals surface area contributed by atoms with E-state index in [9.17, 15) is 0 Å². The molecule has 0 unspecified atom stereocenters. The van der Waals surface area contributed by atoms with Crippen molar-refractivity contribution in [1.82, 2.24) is 15.0 Å². The van der Waals surface area contributed by atoms with Crippen molar-refractivity contribution in [3.05, 3.63) is 35.9 Å². The van der Waals surface area contributed by atoms with Crippen LogP contribution in [0.4, 0.5) is 11.9 Å². The number of benzene rings is 1. The number of rotatable bonds is 4. The van der Waals surface area contributed by atoms with Crippen molar-refractivity contribution >= 4 is 11.9 Å². The van der Waals surface area contributed by atoms with Gasteiger partial charge in [0.25, 0.3) is 0 Å². The molecule has 21 heavy (non-hydrogen) atoms. The molecule has 1 aromatic carbocycles. The molecule has 3 rings (SSSR count). The van der Waals surface area contributed by atoms with E-state index in [0.717, 1.165) is 18.7 Å². The highest BCUT2D eigenvalue weighted by Crippen LogP contribution is 2.15. The predicted molar refractivity (Wildman–Crippen MR) is 78.0 cm³/mol. The number of anilines is 2. The van der Waals surface area contributed by atoms with Crippen LogP contribution in [0.5, 0.6) is 6.01 Å². The van der Waals surface area contributed by atoms with Gasteiger partial charge in [0.05, 0.1) is 13.2 Å². The third-order valence-corrected chi connectivity index (χ3v) is 3.13. The van der Waals surface area contributed by atoms with Gasteiger partial charge in [0.2, 0.25) is 11.9 Å². The van der Waals surface area contributed by atoms with E-state index in [1.807, 2.05) is 35.2 Å². The van der Waals surface area contributed by atoms with Gasteiger partial charge < -0.3 is 20.1 Å². The lowest BCUT2D eigenvalue weighted by atomic mass is 10.2. The summed E-state index contributed by atoms with van der Waals surface area (Å²) in [5, 5.41) is 0. The second-order valence-corrected chi connectivity index (χ2v) is 4.65. The maximum atomic E-state index is 5.73. The van der Waals surface area contributed by atoms with Gasteiger partial charge in [-0.05, 0) is 5.56 Å². The molecule has 7 heteroatoms. The molecule has 0 amide bonds. The zero-order valence-electron chi connectivity index (χ0n) is 11.6. The number of nitrogen functional groups attached to an aromatic ring is 1. The van der Waals surface area contributed by atoms with Gasteiger partial charge in [-0.25, -0.2) is 0 Å². The Labute approximate surface area is 122 Å². The molecule has 1 aliphatic heterocycles. The Morgan fingerprint density at radius 2 is 1.86 bits per heavy atom. The van der Waals surface area contributed by atoms with E-state index in [4.69, 9.17) is 15.2 Å². The number of nitrogens with zero attached hydrogens (tertiary/aromatic N) is 4. The Hall–Kier alpha value is -2.41. The molecule has 0 atom stereocenters. The Morgan fingerprint density at radius 1 is 1.10 bits per heavy atom. The first kappa shape index (κ1) is 13.6. The van der Waals surface area contributed by atoms with Gasteiger partial charge in [-0.3, -0.25) is 0 Å². The molecular weight excluding hydrogens is 270 g/mol. The van der Waals surface area contributed by atoms with Crippen molar-refractivity contribution < 1.29 is 9.47 Å². The fourth-order valence-electron chi connectivity index (χ4n) is 2.05. The minimum absolute atomic E-state index is 0.162. The van der Waals surface area contributed by atoms with Crippen molar-refractivity contribution in [1.29, 1.82) is 0 Å². The van der Waals surface area contributed by atoms with Crippen LogP contribution in [-0.4, -0.2) is 41.3 Å². The van der Waals surface area contributed by atoms with Crippen molar-refractivity contribution in [2.75, 3.05) is 36.9 Å². The van der Waals surface area contributed by atoms with E-state index >= 15 is 0 Å². The Bertz CT molecular complexity index is 587. The number of aromatic nitrogens is 3. The van der Waals surface area contributed by atoms with Gasteiger partial charge in [0, 0.05) is 13.1 Å². The van der Waals surface area contributed by atoms with Crippen LogP contribution >= 0.6 is 0 Å².